The summed E-state index contributed by atoms with van der Waals surface area (Å²) in [5.74, 6) is 0.315. The highest BCUT2D eigenvalue weighted by Crippen LogP contribution is 2.33. The van der Waals surface area contributed by atoms with Crippen LogP contribution in [-0.4, -0.2) is 36.2 Å². The van der Waals surface area contributed by atoms with Crippen LogP contribution in [0.2, 0.25) is 0 Å². The van der Waals surface area contributed by atoms with Crippen molar-refractivity contribution >= 4 is 6.09 Å². The molecule has 1 aliphatic heterocycles. The van der Waals surface area contributed by atoms with Crippen molar-refractivity contribution < 1.29 is 27.4 Å². The van der Waals surface area contributed by atoms with E-state index >= 15 is 0 Å². The van der Waals surface area contributed by atoms with Crippen LogP contribution in [0.1, 0.15) is 11.1 Å². The van der Waals surface area contributed by atoms with Crippen LogP contribution in [0.5, 0.6) is 5.88 Å². The van der Waals surface area contributed by atoms with Gasteiger partial charge in [0.1, 0.15) is 6.61 Å². The molecule has 1 saturated heterocycles. The summed E-state index contributed by atoms with van der Waals surface area (Å²) < 4.78 is 48.8. The molecule has 8 heteroatoms. The average Bonchev–Trinajstić information content (AvgIpc) is 2.99. The maximum Gasteiger partial charge on any atom is 0.416 e. The Morgan fingerprint density at radius 2 is 2.08 bits per heavy atom. The van der Waals surface area contributed by atoms with Crippen molar-refractivity contribution in [2.45, 2.75) is 12.7 Å². The third kappa shape index (κ3) is 3.67. The Morgan fingerprint density at radius 3 is 2.72 bits per heavy atom. The van der Waals surface area contributed by atoms with Gasteiger partial charge in [-0.15, -0.1) is 0 Å². The molecule has 1 amide bonds. The lowest BCUT2D eigenvalue weighted by molar-refractivity contribution is -0.137. The first-order valence-corrected chi connectivity index (χ1v) is 7.51. The molecule has 0 spiro atoms. The quantitative estimate of drug-likeness (QED) is 0.841. The monoisotopic (exact) mass is 352 g/mol. The van der Waals surface area contributed by atoms with Crippen molar-refractivity contribution in [3.63, 3.8) is 0 Å². The zero-order chi connectivity index (χ0) is 18.0. The number of nitrogens with zero attached hydrogens (tertiary/aromatic N) is 2. The fraction of sp³-hybridized carbons (Fsp3) is 0.294. The number of aromatic nitrogens is 1. The van der Waals surface area contributed by atoms with Crippen LogP contribution >= 0.6 is 0 Å². The fourth-order valence-corrected chi connectivity index (χ4v) is 2.60. The molecule has 1 aromatic heterocycles. The van der Waals surface area contributed by atoms with Crippen LogP contribution in [0.15, 0.2) is 36.5 Å². The van der Waals surface area contributed by atoms with Crippen molar-refractivity contribution in [3.05, 3.63) is 47.7 Å². The summed E-state index contributed by atoms with van der Waals surface area (Å²) in [7, 11) is 1.44. The highest BCUT2D eigenvalue weighted by Gasteiger charge is 2.30. The van der Waals surface area contributed by atoms with E-state index in [-0.39, 0.29) is 6.54 Å². The van der Waals surface area contributed by atoms with Crippen molar-refractivity contribution in [2.24, 2.45) is 0 Å². The van der Waals surface area contributed by atoms with Gasteiger partial charge >= 0.3 is 12.3 Å². The fourth-order valence-electron chi connectivity index (χ4n) is 2.60. The minimum absolute atomic E-state index is 0.210. The molecule has 0 atom stereocenters. The predicted molar refractivity (Wildman–Crippen MR) is 83.0 cm³/mol. The standard InChI is InChI=1S/C17H15F3N2O3/c1-24-15-13(10-22-5-6-25-16(22)23)7-12(9-21-15)11-3-2-4-14(8-11)17(18,19)20/h2-4,7-9H,5-6,10H2,1H3. The van der Waals surface area contributed by atoms with Gasteiger partial charge in [-0.1, -0.05) is 12.1 Å². The summed E-state index contributed by atoms with van der Waals surface area (Å²) in [4.78, 5) is 17.2. The number of halogens is 3. The van der Waals surface area contributed by atoms with Gasteiger partial charge in [0.05, 0.1) is 25.8 Å². The average molecular weight is 352 g/mol. The van der Waals surface area contributed by atoms with E-state index in [0.29, 0.717) is 35.7 Å². The molecule has 25 heavy (non-hydrogen) atoms. The van der Waals surface area contributed by atoms with Gasteiger partial charge in [0.15, 0.2) is 0 Å². The smallest absolute Gasteiger partial charge is 0.416 e. The molecule has 2 heterocycles. The molecule has 5 nitrogen and oxygen atoms in total. The summed E-state index contributed by atoms with van der Waals surface area (Å²) in [5, 5.41) is 0. The third-order valence-electron chi connectivity index (χ3n) is 3.85. The molecule has 0 aliphatic carbocycles. The number of rotatable bonds is 4. The van der Waals surface area contributed by atoms with Gasteiger partial charge in [0.25, 0.3) is 0 Å². The molecule has 1 aliphatic rings. The van der Waals surface area contributed by atoms with Crippen molar-refractivity contribution in [1.29, 1.82) is 0 Å². The number of cyclic esters (lactones) is 1. The highest BCUT2D eigenvalue weighted by atomic mass is 19.4. The van der Waals surface area contributed by atoms with E-state index in [1.807, 2.05) is 0 Å². The SMILES string of the molecule is COc1ncc(-c2cccc(C(F)(F)F)c2)cc1CN1CCOC1=O. The Hall–Kier alpha value is -2.77. The summed E-state index contributed by atoms with van der Waals surface area (Å²) in [6.45, 7) is 0.958. The zero-order valence-electron chi connectivity index (χ0n) is 13.3. The second-order valence-corrected chi connectivity index (χ2v) is 5.51. The number of carbonyl (C=O) groups is 1. The van der Waals surface area contributed by atoms with Gasteiger partial charge in [-0.3, -0.25) is 0 Å². The van der Waals surface area contributed by atoms with E-state index in [1.54, 1.807) is 12.1 Å². The minimum Gasteiger partial charge on any atom is -0.481 e. The molecule has 0 unspecified atom stereocenters. The van der Waals surface area contributed by atoms with Gasteiger partial charge in [-0.05, 0) is 23.8 Å². The van der Waals surface area contributed by atoms with Gasteiger partial charge < -0.3 is 14.4 Å². The largest absolute Gasteiger partial charge is 0.481 e. The molecule has 1 fully saturated rings. The van der Waals surface area contributed by atoms with Crippen LogP contribution in [0.3, 0.4) is 0 Å². The third-order valence-corrected chi connectivity index (χ3v) is 3.85. The molecule has 0 N–H and O–H groups in total. The van der Waals surface area contributed by atoms with Crippen LogP contribution in [0, 0.1) is 0 Å². The lowest BCUT2D eigenvalue weighted by Gasteiger charge is -2.16. The molecular formula is C17H15F3N2O3. The number of alkyl halides is 3. The maximum absolute atomic E-state index is 12.9. The van der Waals surface area contributed by atoms with E-state index in [1.165, 1.54) is 24.3 Å². The lowest BCUT2D eigenvalue weighted by atomic mass is 10.0. The molecular weight excluding hydrogens is 337 g/mol. The number of carbonyl (C=O) groups excluding carboxylic acids is 1. The number of hydrogen-bond acceptors (Lipinski definition) is 4. The van der Waals surface area contributed by atoms with Crippen LogP contribution in [0.25, 0.3) is 11.1 Å². The Labute approximate surface area is 142 Å². The van der Waals surface area contributed by atoms with Crippen LogP contribution in [0.4, 0.5) is 18.0 Å². The van der Waals surface area contributed by atoms with E-state index in [4.69, 9.17) is 9.47 Å². The zero-order valence-corrected chi connectivity index (χ0v) is 13.3. The predicted octanol–water partition coefficient (Wildman–Crippen LogP) is 3.73. The number of benzene rings is 1. The highest BCUT2D eigenvalue weighted by molar-refractivity contribution is 5.70. The molecule has 0 radical (unpaired) electrons. The summed E-state index contributed by atoms with van der Waals surface area (Å²) >= 11 is 0. The lowest BCUT2D eigenvalue weighted by Crippen LogP contribution is -2.24. The topological polar surface area (TPSA) is 51.7 Å². The van der Waals surface area contributed by atoms with Crippen molar-refractivity contribution in [1.82, 2.24) is 9.88 Å². The van der Waals surface area contributed by atoms with Crippen molar-refractivity contribution in [3.8, 4) is 17.0 Å². The number of pyridine rings is 1. The van der Waals surface area contributed by atoms with E-state index in [0.717, 1.165) is 12.1 Å². The Kier molecular flexibility index (Phi) is 4.52. The first-order chi connectivity index (χ1) is 11.9. The Bertz CT molecular complexity index is 793. The molecule has 2 aromatic rings. The normalized spacial score (nSPS) is 14.6. The molecule has 3 rings (SSSR count). The number of hydrogen-bond donors (Lipinski definition) is 0. The number of ether oxygens (including phenoxy) is 2. The summed E-state index contributed by atoms with van der Waals surface area (Å²) in [6.07, 6.45) is -3.41. The van der Waals surface area contributed by atoms with Gasteiger partial charge in [-0.2, -0.15) is 13.2 Å². The van der Waals surface area contributed by atoms with Crippen LogP contribution < -0.4 is 4.74 Å². The molecule has 0 saturated carbocycles. The van der Waals surface area contributed by atoms with E-state index in [9.17, 15) is 18.0 Å². The van der Waals surface area contributed by atoms with Gasteiger partial charge in [0.2, 0.25) is 5.88 Å². The van der Waals surface area contributed by atoms with Gasteiger partial charge in [0, 0.05) is 17.3 Å². The first kappa shape index (κ1) is 17.1. The first-order valence-electron chi connectivity index (χ1n) is 7.51. The van der Waals surface area contributed by atoms with Gasteiger partial charge in [-0.25, -0.2) is 9.78 Å². The maximum atomic E-state index is 12.9. The minimum atomic E-state index is -4.42. The Balaban J connectivity index is 1.95. The van der Waals surface area contributed by atoms with E-state index < -0.39 is 17.8 Å². The summed E-state index contributed by atoms with van der Waals surface area (Å²) in [6, 6.07) is 6.68. The second-order valence-electron chi connectivity index (χ2n) is 5.51. The number of methoxy groups -OCH3 is 1. The number of amides is 1. The molecule has 1 aromatic carbocycles. The van der Waals surface area contributed by atoms with Crippen LogP contribution in [-0.2, 0) is 17.5 Å². The van der Waals surface area contributed by atoms with Crippen molar-refractivity contribution in [2.75, 3.05) is 20.3 Å². The summed E-state index contributed by atoms with van der Waals surface area (Å²) in [5.41, 5.74) is 0.756. The molecule has 0 bridgehead atoms. The second kappa shape index (κ2) is 6.62. The molecule has 132 valence electrons. The Morgan fingerprint density at radius 1 is 1.28 bits per heavy atom. The van der Waals surface area contributed by atoms with E-state index in [2.05, 4.69) is 4.98 Å².